The van der Waals surface area contributed by atoms with E-state index in [1.54, 1.807) is 12.1 Å². The molecular formula is C10H10Cl3O. The van der Waals surface area contributed by atoms with E-state index in [0.717, 1.165) is 6.42 Å². The molecule has 1 rings (SSSR count). The summed E-state index contributed by atoms with van der Waals surface area (Å²) in [6, 6.07) is 3.09. The van der Waals surface area contributed by atoms with Crippen LogP contribution in [0, 0.1) is 0 Å². The fourth-order valence-electron chi connectivity index (χ4n) is 1.27. The van der Waals surface area contributed by atoms with Crippen LogP contribution >= 0.6 is 34.8 Å². The molecule has 1 radical (unpaired) electrons. The van der Waals surface area contributed by atoms with Crippen molar-refractivity contribution >= 4 is 34.8 Å². The summed E-state index contributed by atoms with van der Waals surface area (Å²) < 4.78 is 0. The van der Waals surface area contributed by atoms with Crippen LogP contribution in [0.5, 0.6) is 0 Å². The maximum Gasteiger partial charge on any atom is 0.121 e. The first-order valence-electron chi connectivity index (χ1n) is 4.36. The lowest BCUT2D eigenvalue weighted by Crippen LogP contribution is -1.97. The molecule has 0 amide bonds. The third kappa shape index (κ3) is 2.77. The van der Waals surface area contributed by atoms with Crippen LogP contribution in [-0.2, 0) is 5.11 Å². The van der Waals surface area contributed by atoms with Gasteiger partial charge in [0.25, 0.3) is 0 Å². The Balaban J connectivity index is 3.07. The molecule has 4 heteroatoms. The molecule has 0 heterocycles. The van der Waals surface area contributed by atoms with E-state index in [-0.39, 0.29) is 0 Å². The van der Waals surface area contributed by atoms with E-state index in [1.807, 2.05) is 6.92 Å². The highest BCUT2D eigenvalue weighted by Crippen LogP contribution is 2.35. The molecule has 0 aromatic heterocycles. The minimum absolute atomic E-state index is 0.357. The van der Waals surface area contributed by atoms with E-state index < -0.39 is 6.10 Å². The zero-order valence-corrected chi connectivity index (χ0v) is 9.96. The molecule has 1 unspecified atom stereocenters. The smallest absolute Gasteiger partial charge is 0.121 e. The molecule has 0 N–H and O–H groups in total. The van der Waals surface area contributed by atoms with Gasteiger partial charge in [-0.2, -0.15) is 0 Å². The molecule has 1 aromatic rings. The van der Waals surface area contributed by atoms with Gasteiger partial charge >= 0.3 is 0 Å². The topological polar surface area (TPSA) is 19.9 Å². The minimum Gasteiger partial charge on any atom is -0.228 e. The zero-order valence-electron chi connectivity index (χ0n) is 7.69. The first-order chi connectivity index (χ1) is 6.56. The Hall–Kier alpha value is 0.0500. The molecular weight excluding hydrogens is 242 g/mol. The van der Waals surface area contributed by atoms with Gasteiger partial charge in [-0.1, -0.05) is 48.1 Å². The summed E-state index contributed by atoms with van der Waals surface area (Å²) >= 11 is 17.5. The lowest BCUT2D eigenvalue weighted by atomic mass is 10.1. The SMILES string of the molecule is CCCC([O])c1c(Cl)cc(Cl)cc1Cl. The molecule has 0 fully saturated rings. The van der Waals surface area contributed by atoms with Crippen LogP contribution in [0.15, 0.2) is 12.1 Å². The molecule has 0 saturated heterocycles. The monoisotopic (exact) mass is 251 g/mol. The third-order valence-corrected chi connectivity index (χ3v) is 2.76. The van der Waals surface area contributed by atoms with E-state index in [1.165, 1.54) is 0 Å². The van der Waals surface area contributed by atoms with Gasteiger partial charge in [0.2, 0.25) is 0 Å². The molecule has 1 nitrogen and oxygen atoms in total. The minimum atomic E-state index is -0.864. The van der Waals surface area contributed by atoms with Crippen molar-refractivity contribution in [3.63, 3.8) is 0 Å². The normalized spacial score (nSPS) is 12.9. The maximum absolute atomic E-state index is 11.7. The highest BCUT2D eigenvalue weighted by Gasteiger charge is 2.16. The Kier molecular flexibility index (Phi) is 4.52. The second-order valence-corrected chi connectivity index (χ2v) is 4.31. The van der Waals surface area contributed by atoms with Gasteiger partial charge in [-0.25, -0.2) is 5.11 Å². The number of rotatable bonds is 3. The number of halogens is 3. The second kappa shape index (κ2) is 5.22. The number of hydrogen-bond acceptors (Lipinski definition) is 0. The predicted octanol–water partition coefficient (Wildman–Crippen LogP) is 4.92. The summed E-state index contributed by atoms with van der Waals surface area (Å²) in [4.78, 5) is 0. The van der Waals surface area contributed by atoms with E-state index >= 15 is 0 Å². The molecule has 0 saturated carbocycles. The van der Waals surface area contributed by atoms with Gasteiger partial charge in [0, 0.05) is 20.6 Å². The van der Waals surface area contributed by atoms with E-state index in [4.69, 9.17) is 34.8 Å². The van der Waals surface area contributed by atoms with Crippen LogP contribution < -0.4 is 0 Å². The molecule has 0 aliphatic heterocycles. The van der Waals surface area contributed by atoms with Crippen molar-refractivity contribution in [1.82, 2.24) is 0 Å². The van der Waals surface area contributed by atoms with Gasteiger partial charge in [0.05, 0.1) is 0 Å². The van der Waals surface area contributed by atoms with Crippen LogP contribution in [0.4, 0.5) is 0 Å². The Morgan fingerprint density at radius 1 is 1.21 bits per heavy atom. The molecule has 0 spiro atoms. The fraction of sp³-hybridized carbons (Fsp3) is 0.400. The summed E-state index contributed by atoms with van der Waals surface area (Å²) in [5.41, 5.74) is 0.458. The van der Waals surface area contributed by atoms with Gasteiger partial charge < -0.3 is 0 Å². The summed E-state index contributed by atoms with van der Waals surface area (Å²) in [5, 5.41) is 12.8. The van der Waals surface area contributed by atoms with Crippen molar-refractivity contribution in [3.05, 3.63) is 32.8 Å². The molecule has 0 bridgehead atoms. The first kappa shape index (κ1) is 12.1. The van der Waals surface area contributed by atoms with Gasteiger partial charge in [0.1, 0.15) is 6.10 Å². The fourth-order valence-corrected chi connectivity index (χ4v) is 2.33. The molecule has 14 heavy (non-hydrogen) atoms. The first-order valence-corrected chi connectivity index (χ1v) is 5.50. The Labute approximate surface area is 98.6 Å². The molecule has 77 valence electrons. The molecule has 1 aromatic carbocycles. The summed E-state index contributed by atoms with van der Waals surface area (Å²) in [6.07, 6.45) is 0.474. The molecule has 0 aliphatic carbocycles. The van der Waals surface area contributed by atoms with Gasteiger partial charge in [-0.3, -0.25) is 0 Å². The summed E-state index contributed by atoms with van der Waals surface area (Å²) in [5.74, 6) is 0. The van der Waals surface area contributed by atoms with E-state index in [0.29, 0.717) is 27.1 Å². The van der Waals surface area contributed by atoms with Crippen molar-refractivity contribution in [2.24, 2.45) is 0 Å². The van der Waals surface area contributed by atoms with Crippen molar-refractivity contribution in [2.75, 3.05) is 0 Å². The van der Waals surface area contributed by atoms with Gasteiger partial charge in [-0.15, -0.1) is 0 Å². The maximum atomic E-state index is 11.7. The Bertz CT molecular complexity index is 302. The van der Waals surface area contributed by atoms with Crippen LogP contribution in [-0.4, -0.2) is 0 Å². The average Bonchev–Trinajstić information content (AvgIpc) is 2.01. The third-order valence-electron chi connectivity index (χ3n) is 1.92. The Morgan fingerprint density at radius 3 is 2.14 bits per heavy atom. The van der Waals surface area contributed by atoms with Crippen molar-refractivity contribution in [3.8, 4) is 0 Å². The largest absolute Gasteiger partial charge is 0.228 e. The van der Waals surface area contributed by atoms with Crippen molar-refractivity contribution in [2.45, 2.75) is 25.9 Å². The molecule has 1 atom stereocenters. The standard InChI is InChI=1S/C10H10Cl3O/c1-2-3-9(14)10-7(12)4-6(11)5-8(10)13/h4-5,9H,2-3H2,1H3. The van der Waals surface area contributed by atoms with Crippen LogP contribution in [0.3, 0.4) is 0 Å². The summed E-state index contributed by atoms with van der Waals surface area (Å²) in [7, 11) is 0. The van der Waals surface area contributed by atoms with Crippen LogP contribution in [0.25, 0.3) is 0 Å². The summed E-state index contributed by atoms with van der Waals surface area (Å²) in [6.45, 7) is 1.95. The van der Waals surface area contributed by atoms with E-state index in [2.05, 4.69) is 0 Å². The van der Waals surface area contributed by atoms with Gasteiger partial charge in [-0.05, 0) is 18.6 Å². The number of hydrogen-bond donors (Lipinski definition) is 0. The van der Waals surface area contributed by atoms with Crippen molar-refractivity contribution in [1.29, 1.82) is 0 Å². The van der Waals surface area contributed by atoms with E-state index in [9.17, 15) is 5.11 Å². The number of benzene rings is 1. The lowest BCUT2D eigenvalue weighted by molar-refractivity contribution is 0.0807. The average molecular weight is 253 g/mol. The second-order valence-electron chi connectivity index (χ2n) is 3.06. The quantitative estimate of drug-likeness (QED) is 0.728. The zero-order chi connectivity index (χ0) is 10.7. The Morgan fingerprint density at radius 2 is 1.71 bits per heavy atom. The predicted molar refractivity (Wildman–Crippen MR) is 59.8 cm³/mol. The highest BCUT2D eigenvalue weighted by molar-refractivity contribution is 6.39. The van der Waals surface area contributed by atoms with Gasteiger partial charge in [0.15, 0.2) is 0 Å². The highest BCUT2D eigenvalue weighted by atomic mass is 35.5. The van der Waals surface area contributed by atoms with Crippen LogP contribution in [0.2, 0.25) is 15.1 Å². The van der Waals surface area contributed by atoms with Crippen molar-refractivity contribution < 1.29 is 5.11 Å². The van der Waals surface area contributed by atoms with Crippen LogP contribution in [0.1, 0.15) is 31.4 Å². The lowest BCUT2D eigenvalue weighted by Gasteiger charge is -2.11. The molecule has 0 aliphatic rings.